The fourth-order valence-electron chi connectivity index (χ4n) is 2.08. The highest BCUT2D eigenvalue weighted by Gasteiger charge is 2.26. The number of nitrogens with one attached hydrogen (secondary N) is 1. The van der Waals surface area contributed by atoms with Crippen molar-refractivity contribution in [2.45, 2.75) is 6.92 Å². The molecule has 0 saturated carbocycles. The maximum Gasteiger partial charge on any atom is 0.348 e. The van der Waals surface area contributed by atoms with Crippen LogP contribution in [0.5, 0.6) is 0 Å². The lowest BCUT2D eigenvalue weighted by molar-refractivity contribution is -0.380. The van der Waals surface area contributed by atoms with Gasteiger partial charge in [-0.3, -0.25) is 14.9 Å². The van der Waals surface area contributed by atoms with Crippen LogP contribution in [0, 0.1) is 17.0 Å². The summed E-state index contributed by atoms with van der Waals surface area (Å²) in [4.78, 5) is 46.8. The molecule has 1 amide bonds. The molecule has 0 spiro atoms. The topological polar surface area (TPSA) is 125 Å². The summed E-state index contributed by atoms with van der Waals surface area (Å²) in [6.45, 7) is 1.55. The van der Waals surface area contributed by atoms with Gasteiger partial charge in [0.1, 0.15) is 9.88 Å². The molecule has 0 aliphatic carbocycles. The molecule has 1 N–H and O–H groups in total. The van der Waals surface area contributed by atoms with Crippen LogP contribution < -0.4 is 5.32 Å². The Bertz CT molecular complexity index is 943. The zero-order chi connectivity index (χ0) is 20.1. The van der Waals surface area contributed by atoms with Gasteiger partial charge in [-0.2, -0.15) is 0 Å². The van der Waals surface area contributed by atoms with Crippen molar-refractivity contribution in [3.05, 3.63) is 49.2 Å². The van der Waals surface area contributed by atoms with Crippen LogP contribution in [0.25, 0.3) is 6.08 Å². The molecule has 0 unspecified atom stereocenters. The van der Waals surface area contributed by atoms with Gasteiger partial charge in [-0.05, 0) is 24.6 Å². The smallest absolute Gasteiger partial charge is 0.348 e. The number of carbonyl (C=O) groups is 3. The molecule has 0 radical (unpaired) electrons. The predicted molar refractivity (Wildman–Crippen MR) is 100 cm³/mol. The number of hydrogen-bond acceptors (Lipinski definition) is 9. The Labute approximate surface area is 161 Å². The minimum absolute atomic E-state index is 0.0420. The van der Waals surface area contributed by atoms with Gasteiger partial charge in [0.25, 0.3) is 0 Å². The Balaban J connectivity index is 2.25. The predicted octanol–water partition coefficient (Wildman–Crippen LogP) is 3.25. The summed E-state index contributed by atoms with van der Waals surface area (Å²) in [5.74, 6) is -1.91. The molecule has 0 aliphatic rings. The molecule has 0 bridgehead atoms. The van der Waals surface area contributed by atoms with Crippen LogP contribution in [-0.2, 0) is 14.3 Å². The Morgan fingerprint density at radius 1 is 1.15 bits per heavy atom. The third-order valence-corrected chi connectivity index (χ3v) is 5.52. The first kappa shape index (κ1) is 20.3. The SMILES string of the molecule is COC(=O)c1sc(NC(=O)/C=C/c2ccc([N+](=O)[O-])s2)c(C(=O)OC)c1C. The first-order valence-electron chi connectivity index (χ1n) is 7.31. The third kappa shape index (κ3) is 4.57. The fourth-order valence-corrected chi connectivity index (χ4v) is 3.92. The molecule has 2 heterocycles. The Kier molecular flexibility index (Phi) is 6.42. The van der Waals surface area contributed by atoms with Gasteiger partial charge in [0, 0.05) is 17.0 Å². The molecular weight excluding hydrogens is 396 g/mol. The van der Waals surface area contributed by atoms with Gasteiger partial charge in [0.2, 0.25) is 5.91 Å². The monoisotopic (exact) mass is 410 g/mol. The van der Waals surface area contributed by atoms with Crippen molar-refractivity contribution in [2.75, 3.05) is 19.5 Å². The van der Waals surface area contributed by atoms with Crippen LogP contribution in [0.4, 0.5) is 10.0 Å². The molecule has 0 fully saturated rings. The summed E-state index contributed by atoms with van der Waals surface area (Å²) in [6.07, 6.45) is 2.58. The number of carbonyl (C=O) groups excluding carboxylic acids is 3. The highest BCUT2D eigenvalue weighted by atomic mass is 32.1. The van der Waals surface area contributed by atoms with Gasteiger partial charge in [-0.1, -0.05) is 11.3 Å². The second-order valence-electron chi connectivity index (χ2n) is 5.00. The minimum atomic E-state index is -0.702. The molecular formula is C16H14N2O7S2. The zero-order valence-corrected chi connectivity index (χ0v) is 16.1. The molecule has 142 valence electrons. The summed E-state index contributed by atoms with van der Waals surface area (Å²) in [6, 6.07) is 2.85. The van der Waals surface area contributed by atoms with Gasteiger partial charge < -0.3 is 14.8 Å². The van der Waals surface area contributed by atoms with E-state index in [2.05, 4.69) is 10.1 Å². The van der Waals surface area contributed by atoms with Crippen LogP contribution >= 0.6 is 22.7 Å². The van der Waals surface area contributed by atoms with Gasteiger partial charge in [0.15, 0.2) is 0 Å². The lowest BCUT2D eigenvalue weighted by Gasteiger charge is -2.03. The van der Waals surface area contributed by atoms with E-state index < -0.39 is 22.8 Å². The van der Waals surface area contributed by atoms with E-state index in [1.165, 1.54) is 38.5 Å². The number of hydrogen-bond donors (Lipinski definition) is 1. The molecule has 2 rings (SSSR count). The van der Waals surface area contributed by atoms with E-state index in [4.69, 9.17) is 4.74 Å². The van der Waals surface area contributed by atoms with Crippen LogP contribution in [-0.4, -0.2) is 37.0 Å². The van der Waals surface area contributed by atoms with E-state index in [0.29, 0.717) is 10.4 Å². The largest absolute Gasteiger partial charge is 0.465 e. The van der Waals surface area contributed by atoms with Crippen LogP contribution in [0.1, 0.15) is 30.5 Å². The molecule has 11 heteroatoms. The number of esters is 2. The van der Waals surface area contributed by atoms with Crippen LogP contribution in [0.3, 0.4) is 0 Å². The number of rotatable bonds is 6. The molecule has 27 heavy (non-hydrogen) atoms. The number of nitrogens with zero attached hydrogens (tertiary/aromatic N) is 1. The second-order valence-corrected chi connectivity index (χ2v) is 7.11. The lowest BCUT2D eigenvalue weighted by atomic mass is 10.1. The average Bonchev–Trinajstić information content (AvgIpc) is 3.24. The van der Waals surface area contributed by atoms with Crippen molar-refractivity contribution in [1.82, 2.24) is 0 Å². The van der Waals surface area contributed by atoms with Gasteiger partial charge in [0.05, 0.1) is 24.7 Å². The molecule has 9 nitrogen and oxygen atoms in total. The maximum atomic E-state index is 12.2. The standard InChI is InChI=1S/C16H14N2O7S2/c1-8-12(15(20)24-2)14(27-13(8)16(21)25-3)17-10(19)6-4-9-5-7-11(26-9)18(22)23/h4-7H,1-3H3,(H,17,19)/b6-4+. The van der Waals surface area contributed by atoms with Crippen LogP contribution in [0.15, 0.2) is 18.2 Å². The first-order valence-corrected chi connectivity index (χ1v) is 8.95. The molecule has 0 aromatic carbocycles. The number of thiophene rings is 2. The van der Waals surface area contributed by atoms with E-state index in [-0.39, 0.29) is 20.4 Å². The summed E-state index contributed by atoms with van der Waals surface area (Å²) >= 11 is 1.81. The van der Waals surface area contributed by atoms with Gasteiger partial charge in [-0.25, -0.2) is 9.59 Å². The highest BCUT2D eigenvalue weighted by molar-refractivity contribution is 7.18. The summed E-state index contributed by atoms with van der Waals surface area (Å²) in [7, 11) is 2.40. The Morgan fingerprint density at radius 2 is 1.81 bits per heavy atom. The van der Waals surface area contributed by atoms with Crippen molar-refractivity contribution < 1.29 is 28.8 Å². The second kappa shape index (κ2) is 8.56. The zero-order valence-electron chi connectivity index (χ0n) is 14.4. The lowest BCUT2D eigenvalue weighted by Crippen LogP contribution is -2.11. The maximum absolute atomic E-state index is 12.2. The van der Waals surface area contributed by atoms with E-state index in [1.807, 2.05) is 0 Å². The summed E-state index contributed by atoms with van der Waals surface area (Å²) in [5, 5.41) is 13.3. The minimum Gasteiger partial charge on any atom is -0.465 e. The van der Waals surface area contributed by atoms with Crippen molar-refractivity contribution in [3.8, 4) is 0 Å². The van der Waals surface area contributed by atoms with Crippen molar-refractivity contribution in [2.24, 2.45) is 0 Å². The van der Waals surface area contributed by atoms with E-state index in [9.17, 15) is 24.5 Å². The normalized spacial score (nSPS) is 10.6. The van der Waals surface area contributed by atoms with Gasteiger partial charge in [-0.15, -0.1) is 11.3 Å². The van der Waals surface area contributed by atoms with Gasteiger partial charge >= 0.3 is 16.9 Å². The number of methoxy groups -OCH3 is 2. The van der Waals surface area contributed by atoms with E-state index in [0.717, 1.165) is 22.7 Å². The highest BCUT2D eigenvalue weighted by Crippen LogP contribution is 2.34. The van der Waals surface area contributed by atoms with Crippen molar-refractivity contribution >= 4 is 56.6 Å². The molecule has 0 atom stereocenters. The number of ether oxygens (including phenoxy) is 2. The number of anilines is 1. The average molecular weight is 410 g/mol. The summed E-state index contributed by atoms with van der Waals surface area (Å²) in [5.41, 5.74) is 0.406. The Morgan fingerprint density at radius 3 is 2.37 bits per heavy atom. The van der Waals surface area contributed by atoms with Crippen molar-refractivity contribution in [1.29, 1.82) is 0 Å². The van der Waals surface area contributed by atoms with E-state index in [1.54, 1.807) is 6.92 Å². The number of nitro groups is 1. The Hall–Kier alpha value is -3.05. The quantitative estimate of drug-likeness (QED) is 0.335. The fraction of sp³-hybridized carbons (Fsp3) is 0.188. The third-order valence-electron chi connectivity index (χ3n) is 3.34. The molecule has 2 aromatic rings. The number of amides is 1. The molecule has 2 aromatic heterocycles. The first-order chi connectivity index (χ1) is 12.8. The van der Waals surface area contributed by atoms with Crippen molar-refractivity contribution in [3.63, 3.8) is 0 Å². The summed E-state index contributed by atoms with van der Waals surface area (Å²) < 4.78 is 9.37. The van der Waals surface area contributed by atoms with E-state index >= 15 is 0 Å². The van der Waals surface area contributed by atoms with Crippen LogP contribution in [0.2, 0.25) is 0 Å². The molecule has 0 saturated heterocycles. The molecule has 0 aliphatic heterocycles.